The van der Waals surface area contributed by atoms with Gasteiger partial charge in [0.05, 0.1) is 5.71 Å². The van der Waals surface area contributed by atoms with Gasteiger partial charge in [0.15, 0.2) is 0 Å². The molecule has 3 heteroatoms. The van der Waals surface area contributed by atoms with Crippen molar-refractivity contribution in [2.75, 3.05) is 7.05 Å². The van der Waals surface area contributed by atoms with Gasteiger partial charge in [-0.3, -0.25) is 9.79 Å². The Morgan fingerprint density at radius 2 is 2.00 bits per heavy atom. The maximum absolute atomic E-state index is 10.7. The number of hydrogen-bond donors (Lipinski definition) is 0. The van der Waals surface area contributed by atoms with E-state index in [4.69, 9.17) is 0 Å². The van der Waals surface area contributed by atoms with E-state index in [1.54, 1.807) is 13.3 Å². The van der Waals surface area contributed by atoms with Gasteiger partial charge in [-0.1, -0.05) is 18.2 Å². The highest BCUT2D eigenvalue weighted by atomic mass is 16.1. The number of rotatable bonds is 2. The molecular weight excluding hydrogens is 224 g/mol. The Kier molecular flexibility index (Phi) is 5.18. The third-order valence-electron chi connectivity index (χ3n) is 2.45. The van der Waals surface area contributed by atoms with Gasteiger partial charge in [0.25, 0.3) is 0 Å². The van der Waals surface area contributed by atoms with Crippen molar-refractivity contribution in [3.8, 4) is 0 Å². The molecule has 0 fully saturated rings. The second-order valence-electron chi connectivity index (χ2n) is 4.00. The highest BCUT2D eigenvalue weighted by Crippen LogP contribution is 2.16. The van der Waals surface area contributed by atoms with Gasteiger partial charge < -0.3 is 0 Å². The Bertz CT molecular complexity index is 515. The van der Waals surface area contributed by atoms with Crippen LogP contribution in [0.3, 0.4) is 0 Å². The topological polar surface area (TPSA) is 41.8 Å². The van der Waals surface area contributed by atoms with Crippen molar-refractivity contribution in [2.24, 2.45) is 9.98 Å². The number of hydrogen-bond acceptors (Lipinski definition) is 2. The molecule has 0 aromatic heterocycles. The largest absolute Gasteiger partial charge is 0.288 e. The van der Waals surface area contributed by atoms with Crippen LogP contribution >= 0.6 is 0 Å². The van der Waals surface area contributed by atoms with Gasteiger partial charge in [0, 0.05) is 20.2 Å². The SMILES string of the molecule is C/C=C1C=C(/C=C(\C)C=NC(C)=O)C=CC/1=NC. The molecule has 0 saturated carbocycles. The minimum absolute atomic E-state index is 0.189. The second kappa shape index (κ2) is 6.64. The van der Waals surface area contributed by atoms with Crippen LogP contribution in [0.2, 0.25) is 0 Å². The number of nitrogens with zero attached hydrogens (tertiary/aromatic N) is 2. The van der Waals surface area contributed by atoms with Crippen molar-refractivity contribution in [1.29, 1.82) is 0 Å². The molecule has 0 N–H and O–H groups in total. The number of amides is 1. The van der Waals surface area contributed by atoms with E-state index >= 15 is 0 Å². The fourth-order valence-electron chi connectivity index (χ4n) is 1.59. The first kappa shape index (κ1) is 14.0. The molecule has 18 heavy (non-hydrogen) atoms. The van der Waals surface area contributed by atoms with Gasteiger partial charge in [-0.15, -0.1) is 0 Å². The molecule has 0 radical (unpaired) electrons. The summed E-state index contributed by atoms with van der Waals surface area (Å²) in [5.41, 5.74) is 4.09. The molecule has 1 aliphatic carbocycles. The summed E-state index contributed by atoms with van der Waals surface area (Å²) in [5.74, 6) is -0.189. The number of allylic oxidation sites excluding steroid dienone is 8. The van der Waals surface area contributed by atoms with Gasteiger partial charge in [0.1, 0.15) is 0 Å². The molecule has 0 atom stereocenters. The van der Waals surface area contributed by atoms with E-state index < -0.39 is 0 Å². The molecule has 0 aromatic rings. The van der Waals surface area contributed by atoms with Gasteiger partial charge in [-0.05, 0) is 42.7 Å². The second-order valence-corrected chi connectivity index (χ2v) is 4.00. The summed E-state index contributed by atoms with van der Waals surface area (Å²) >= 11 is 0. The molecule has 0 spiro atoms. The third kappa shape index (κ3) is 4.09. The van der Waals surface area contributed by atoms with Crippen molar-refractivity contribution in [3.05, 3.63) is 47.1 Å². The normalized spacial score (nSPS) is 20.9. The minimum Gasteiger partial charge on any atom is -0.288 e. The summed E-state index contributed by atoms with van der Waals surface area (Å²) in [6.07, 6.45) is 11.6. The molecule has 3 nitrogen and oxygen atoms in total. The molecule has 1 rings (SSSR count). The lowest BCUT2D eigenvalue weighted by molar-refractivity contribution is -0.115. The van der Waals surface area contributed by atoms with E-state index in [0.29, 0.717) is 0 Å². The van der Waals surface area contributed by atoms with Crippen LogP contribution < -0.4 is 0 Å². The first-order valence-corrected chi connectivity index (χ1v) is 5.83. The number of carbonyl (C=O) groups excluding carboxylic acids is 1. The Hall–Kier alpha value is -2.03. The lowest BCUT2D eigenvalue weighted by Crippen LogP contribution is -2.01. The van der Waals surface area contributed by atoms with Crippen LogP contribution in [0.4, 0.5) is 0 Å². The Balaban J connectivity index is 2.94. The first-order chi connectivity index (χ1) is 8.56. The lowest BCUT2D eigenvalue weighted by Gasteiger charge is -2.09. The maximum Gasteiger partial charge on any atom is 0.242 e. The summed E-state index contributed by atoms with van der Waals surface area (Å²) in [4.78, 5) is 18.7. The highest BCUT2D eigenvalue weighted by molar-refractivity contribution is 6.12. The van der Waals surface area contributed by atoms with Gasteiger partial charge in [0.2, 0.25) is 5.91 Å². The predicted octanol–water partition coefficient (Wildman–Crippen LogP) is 3.06. The molecule has 0 heterocycles. The van der Waals surface area contributed by atoms with Crippen molar-refractivity contribution in [3.63, 3.8) is 0 Å². The maximum atomic E-state index is 10.7. The Labute approximate surface area is 108 Å². The van der Waals surface area contributed by atoms with Crippen LogP contribution in [0, 0.1) is 0 Å². The fraction of sp³-hybridized carbons (Fsp3) is 0.267. The number of carbonyl (C=O) groups is 1. The summed E-state index contributed by atoms with van der Waals surface area (Å²) in [5, 5.41) is 0. The number of aliphatic imine (C=N–C) groups is 2. The summed E-state index contributed by atoms with van der Waals surface area (Å²) in [7, 11) is 1.78. The monoisotopic (exact) mass is 242 g/mol. The molecule has 1 amide bonds. The van der Waals surface area contributed by atoms with E-state index in [1.807, 2.05) is 38.2 Å². The van der Waals surface area contributed by atoms with E-state index in [-0.39, 0.29) is 5.91 Å². The Morgan fingerprint density at radius 3 is 2.56 bits per heavy atom. The van der Waals surface area contributed by atoms with Crippen molar-refractivity contribution >= 4 is 17.8 Å². The van der Waals surface area contributed by atoms with Crippen molar-refractivity contribution < 1.29 is 4.79 Å². The average molecular weight is 242 g/mol. The van der Waals surface area contributed by atoms with E-state index in [1.165, 1.54) is 6.92 Å². The molecule has 0 aliphatic heterocycles. The zero-order valence-electron chi connectivity index (χ0n) is 11.3. The van der Waals surface area contributed by atoms with Crippen LogP contribution in [0.25, 0.3) is 0 Å². The van der Waals surface area contributed by atoms with Crippen LogP contribution in [0.15, 0.2) is 57.1 Å². The standard InChI is InChI=1S/C15H18N2O/c1-5-14-9-13(6-7-15(14)16-4)8-11(2)10-17-12(3)18/h5-10H,1-4H3/b11-8+,14-5-,16-15?,17-10?. The van der Waals surface area contributed by atoms with E-state index in [2.05, 4.69) is 16.1 Å². The lowest BCUT2D eigenvalue weighted by atomic mass is 9.98. The third-order valence-corrected chi connectivity index (χ3v) is 2.45. The van der Waals surface area contributed by atoms with Crippen molar-refractivity contribution in [1.82, 2.24) is 0 Å². The Morgan fingerprint density at radius 1 is 1.28 bits per heavy atom. The zero-order valence-corrected chi connectivity index (χ0v) is 11.3. The molecule has 1 aliphatic rings. The minimum atomic E-state index is -0.189. The van der Waals surface area contributed by atoms with Crippen LogP contribution in [-0.2, 0) is 4.79 Å². The van der Waals surface area contributed by atoms with Crippen molar-refractivity contribution in [2.45, 2.75) is 20.8 Å². The molecule has 94 valence electrons. The van der Waals surface area contributed by atoms with Gasteiger partial charge in [-0.2, -0.15) is 0 Å². The van der Waals surface area contributed by atoms with Gasteiger partial charge >= 0.3 is 0 Å². The van der Waals surface area contributed by atoms with E-state index in [0.717, 1.165) is 22.4 Å². The van der Waals surface area contributed by atoms with Crippen LogP contribution in [0.1, 0.15) is 20.8 Å². The first-order valence-electron chi connectivity index (χ1n) is 5.83. The van der Waals surface area contributed by atoms with Crippen LogP contribution in [-0.4, -0.2) is 24.9 Å². The van der Waals surface area contributed by atoms with Crippen LogP contribution in [0.5, 0.6) is 0 Å². The molecule has 0 saturated heterocycles. The predicted molar refractivity (Wildman–Crippen MR) is 77.3 cm³/mol. The summed E-state index contributed by atoms with van der Waals surface area (Å²) < 4.78 is 0. The van der Waals surface area contributed by atoms with Gasteiger partial charge in [-0.25, -0.2) is 4.99 Å². The molecule has 0 bridgehead atoms. The average Bonchev–Trinajstić information content (AvgIpc) is 2.36. The molecule has 0 unspecified atom stereocenters. The highest BCUT2D eigenvalue weighted by Gasteiger charge is 2.05. The zero-order chi connectivity index (χ0) is 13.5. The molecular formula is C15H18N2O. The summed E-state index contributed by atoms with van der Waals surface area (Å²) in [6, 6.07) is 0. The fourth-order valence-corrected chi connectivity index (χ4v) is 1.59. The molecule has 0 aromatic carbocycles. The van der Waals surface area contributed by atoms with E-state index in [9.17, 15) is 4.79 Å². The summed E-state index contributed by atoms with van der Waals surface area (Å²) in [6.45, 7) is 5.34. The smallest absolute Gasteiger partial charge is 0.242 e. The quantitative estimate of drug-likeness (QED) is 0.686.